The molecular formula is C13H20N4OS. The van der Waals surface area contributed by atoms with E-state index in [2.05, 4.69) is 22.2 Å². The summed E-state index contributed by atoms with van der Waals surface area (Å²) < 4.78 is 5.39. The Kier molecular flexibility index (Phi) is 4.31. The average Bonchev–Trinajstić information content (AvgIpc) is 2.37. The van der Waals surface area contributed by atoms with Crippen LogP contribution in [0.25, 0.3) is 0 Å². The third-order valence-electron chi connectivity index (χ3n) is 3.48. The maximum atomic E-state index is 5.61. The molecule has 19 heavy (non-hydrogen) atoms. The molecule has 104 valence electrons. The van der Waals surface area contributed by atoms with Crippen LogP contribution in [0, 0.1) is 12.3 Å². The summed E-state index contributed by atoms with van der Waals surface area (Å²) in [5.41, 5.74) is 7.32. The number of ether oxygens (including phenoxy) is 1. The third kappa shape index (κ3) is 3.84. The molecule has 0 radical (unpaired) electrons. The fourth-order valence-electron chi connectivity index (χ4n) is 2.11. The van der Waals surface area contributed by atoms with Crippen molar-refractivity contribution < 1.29 is 4.74 Å². The Bertz CT molecular complexity index is 472. The molecule has 0 unspecified atom stereocenters. The van der Waals surface area contributed by atoms with Gasteiger partial charge in [0, 0.05) is 25.5 Å². The molecule has 0 saturated carbocycles. The lowest BCUT2D eigenvalue weighted by molar-refractivity contribution is 0.0299. The third-order valence-corrected chi connectivity index (χ3v) is 3.69. The van der Waals surface area contributed by atoms with Crippen LogP contribution in [-0.4, -0.2) is 34.7 Å². The van der Waals surface area contributed by atoms with Crippen LogP contribution in [0.2, 0.25) is 0 Å². The van der Waals surface area contributed by atoms with E-state index in [-0.39, 0.29) is 5.41 Å². The van der Waals surface area contributed by atoms with E-state index in [1.807, 2.05) is 6.92 Å². The summed E-state index contributed by atoms with van der Waals surface area (Å²) >= 11 is 4.96. The molecule has 1 saturated heterocycles. The summed E-state index contributed by atoms with van der Waals surface area (Å²) in [4.78, 5) is 8.99. The van der Waals surface area contributed by atoms with Crippen molar-refractivity contribution in [3.63, 3.8) is 0 Å². The Balaban J connectivity index is 2.04. The number of aromatic nitrogens is 2. The van der Waals surface area contributed by atoms with E-state index in [1.165, 1.54) is 0 Å². The lowest BCUT2D eigenvalue weighted by Gasteiger charge is -2.33. The normalized spacial score (nSPS) is 18.0. The van der Waals surface area contributed by atoms with Gasteiger partial charge >= 0.3 is 0 Å². The average molecular weight is 280 g/mol. The van der Waals surface area contributed by atoms with Crippen molar-refractivity contribution in [1.82, 2.24) is 9.97 Å². The largest absolute Gasteiger partial charge is 0.388 e. The SMILES string of the molecule is Cc1cc(C(N)=S)nc(NCC2(C)CCOCC2)n1. The van der Waals surface area contributed by atoms with E-state index in [1.54, 1.807) is 6.07 Å². The van der Waals surface area contributed by atoms with Gasteiger partial charge in [0.15, 0.2) is 0 Å². The predicted molar refractivity (Wildman–Crippen MR) is 79.3 cm³/mol. The van der Waals surface area contributed by atoms with Gasteiger partial charge in [0.05, 0.1) is 0 Å². The van der Waals surface area contributed by atoms with Gasteiger partial charge in [0.2, 0.25) is 5.95 Å². The van der Waals surface area contributed by atoms with Gasteiger partial charge in [-0.3, -0.25) is 0 Å². The van der Waals surface area contributed by atoms with Crippen LogP contribution in [0.15, 0.2) is 6.07 Å². The summed E-state index contributed by atoms with van der Waals surface area (Å²) in [6.07, 6.45) is 2.10. The first-order valence-corrected chi connectivity index (χ1v) is 6.86. The second-order valence-electron chi connectivity index (χ2n) is 5.36. The summed E-state index contributed by atoms with van der Waals surface area (Å²) in [6, 6.07) is 1.80. The molecule has 5 nitrogen and oxygen atoms in total. The van der Waals surface area contributed by atoms with Crippen LogP contribution in [0.5, 0.6) is 0 Å². The summed E-state index contributed by atoms with van der Waals surface area (Å²) in [5.74, 6) is 0.593. The highest BCUT2D eigenvalue weighted by molar-refractivity contribution is 7.80. The number of thiocarbonyl (C=S) groups is 1. The van der Waals surface area contributed by atoms with Crippen LogP contribution < -0.4 is 11.1 Å². The van der Waals surface area contributed by atoms with E-state index in [4.69, 9.17) is 22.7 Å². The number of nitrogens with one attached hydrogen (secondary N) is 1. The Hall–Kier alpha value is -1.27. The highest BCUT2D eigenvalue weighted by atomic mass is 32.1. The Morgan fingerprint density at radius 1 is 1.47 bits per heavy atom. The van der Waals surface area contributed by atoms with Crippen molar-refractivity contribution in [3.05, 3.63) is 17.5 Å². The molecular weight excluding hydrogens is 260 g/mol. The molecule has 0 atom stereocenters. The van der Waals surface area contributed by atoms with Gasteiger partial charge in [0.1, 0.15) is 10.7 Å². The molecule has 6 heteroatoms. The second kappa shape index (κ2) is 5.79. The maximum absolute atomic E-state index is 5.61. The zero-order chi connectivity index (χ0) is 13.9. The smallest absolute Gasteiger partial charge is 0.223 e. The van der Waals surface area contributed by atoms with E-state index in [9.17, 15) is 0 Å². The summed E-state index contributed by atoms with van der Waals surface area (Å²) in [7, 11) is 0. The molecule has 1 aliphatic rings. The van der Waals surface area contributed by atoms with Gasteiger partial charge in [0.25, 0.3) is 0 Å². The molecule has 2 heterocycles. The number of hydrogen-bond acceptors (Lipinski definition) is 5. The highest BCUT2D eigenvalue weighted by Gasteiger charge is 2.27. The fraction of sp³-hybridized carbons (Fsp3) is 0.615. The molecule has 1 aromatic heterocycles. The first-order chi connectivity index (χ1) is 8.98. The molecule has 1 aliphatic heterocycles. The van der Waals surface area contributed by atoms with Crippen LogP contribution in [-0.2, 0) is 4.74 Å². The zero-order valence-corrected chi connectivity index (χ0v) is 12.2. The molecule has 0 amide bonds. The molecule has 2 rings (SSSR count). The molecule has 0 spiro atoms. The number of hydrogen-bond donors (Lipinski definition) is 2. The lowest BCUT2D eigenvalue weighted by Crippen LogP contribution is -2.33. The minimum atomic E-state index is 0.231. The summed E-state index contributed by atoms with van der Waals surface area (Å²) in [5, 5.41) is 3.30. The van der Waals surface area contributed by atoms with E-state index >= 15 is 0 Å². The standard InChI is InChI=1S/C13H20N4OS/c1-9-7-10(11(14)19)17-12(16-9)15-8-13(2)3-5-18-6-4-13/h7H,3-6,8H2,1-2H3,(H2,14,19)(H,15,16,17). The van der Waals surface area contributed by atoms with Crippen LogP contribution in [0.3, 0.4) is 0 Å². The highest BCUT2D eigenvalue weighted by Crippen LogP contribution is 2.29. The van der Waals surface area contributed by atoms with Gasteiger partial charge in [-0.2, -0.15) is 0 Å². The van der Waals surface area contributed by atoms with Crippen molar-refractivity contribution in [2.45, 2.75) is 26.7 Å². The van der Waals surface area contributed by atoms with Gasteiger partial charge in [-0.05, 0) is 31.2 Å². The van der Waals surface area contributed by atoms with Crippen molar-refractivity contribution in [1.29, 1.82) is 0 Å². The van der Waals surface area contributed by atoms with E-state index in [0.29, 0.717) is 16.6 Å². The van der Waals surface area contributed by atoms with Crippen LogP contribution >= 0.6 is 12.2 Å². The zero-order valence-electron chi connectivity index (χ0n) is 11.4. The van der Waals surface area contributed by atoms with E-state index in [0.717, 1.165) is 38.3 Å². The first kappa shape index (κ1) is 14.1. The quantitative estimate of drug-likeness (QED) is 0.817. The number of rotatable bonds is 4. The maximum Gasteiger partial charge on any atom is 0.223 e. The van der Waals surface area contributed by atoms with Crippen molar-refractivity contribution >= 4 is 23.2 Å². The van der Waals surface area contributed by atoms with Crippen LogP contribution in [0.4, 0.5) is 5.95 Å². The topological polar surface area (TPSA) is 73.1 Å². The number of nitrogens with two attached hydrogens (primary N) is 1. The Morgan fingerprint density at radius 3 is 2.79 bits per heavy atom. The minimum Gasteiger partial charge on any atom is -0.388 e. The number of nitrogens with zero attached hydrogens (tertiary/aromatic N) is 2. The Morgan fingerprint density at radius 2 is 2.16 bits per heavy atom. The molecule has 0 aliphatic carbocycles. The number of aryl methyl sites for hydroxylation is 1. The molecule has 1 fully saturated rings. The predicted octanol–water partition coefficient (Wildman–Crippen LogP) is 1.65. The monoisotopic (exact) mass is 280 g/mol. The van der Waals surface area contributed by atoms with Gasteiger partial charge in [-0.25, -0.2) is 9.97 Å². The Labute approximate surface area is 119 Å². The van der Waals surface area contributed by atoms with Gasteiger partial charge < -0.3 is 15.8 Å². The van der Waals surface area contributed by atoms with Gasteiger partial charge in [-0.15, -0.1) is 0 Å². The molecule has 3 N–H and O–H groups in total. The van der Waals surface area contributed by atoms with Crippen molar-refractivity contribution in [3.8, 4) is 0 Å². The summed E-state index contributed by atoms with van der Waals surface area (Å²) in [6.45, 7) is 6.64. The molecule has 0 aromatic carbocycles. The van der Waals surface area contributed by atoms with Crippen molar-refractivity contribution in [2.75, 3.05) is 25.1 Å². The van der Waals surface area contributed by atoms with Gasteiger partial charge in [-0.1, -0.05) is 19.1 Å². The number of anilines is 1. The molecule has 1 aromatic rings. The van der Waals surface area contributed by atoms with Crippen molar-refractivity contribution in [2.24, 2.45) is 11.1 Å². The second-order valence-corrected chi connectivity index (χ2v) is 5.80. The molecule has 0 bridgehead atoms. The first-order valence-electron chi connectivity index (χ1n) is 6.46. The minimum absolute atomic E-state index is 0.231. The fourth-order valence-corrected chi connectivity index (χ4v) is 2.21. The van der Waals surface area contributed by atoms with E-state index < -0.39 is 0 Å². The lowest BCUT2D eigenvalue weighted by atomic mass is 9.82. The van der Waals surface area contributed by atoms with Crippen LogP contribution in [0.1, 0.15) is 31.2 Å².